The number of hydrogen-bond donors (Lipinski definition) is 1. The van der Waals surface area contributed by atoms with Crippen molar-refractivity contribution in [2.75, 3.05) is 7.05 Å². The predicted molar refractivity (Wildman–Crippen MR) is 129 cm³/mol. The smallest absolute Gasteiger partial charge is 0.0883 e. The topological polar surface area (TPSA) is 12.0 Å². The van der Waals surface area contributed by atoms with Crippen molar-refractivity contribution in [2.45, 2.75) is 54.4 Å². The van der Waals surface area contributed by atoms with E-state index in [1.54, 1.807) is 0 Å². The molecule has 0 spiro atoms. The molecule has 0 unspecified atom stereocenters. The fourth-order valence-electron chi connectivity index (χ4n) is 2.64. The molecule has 2 rings (SSSR count). The summed E-state index contributed by atoms with van der Waals surface area (Å²) in [5, 5.41) is 3.08. The molecule has 0 amide bonds. The number of allylic oxidation sites excluding steroid dienone is 2. The van der Waals surface area contributed by atoms with Gasteiger partial charge >= 0.3 is 0 Å². The molecule has 0 fully saturated rings. The highest BCUT2D eigenvalue weighted by atomic mass is 14.8. The van der Waals surface area contributed by atoms with Gasteiger partial charge in [0.2, 0.25) is 0 Å². The highest BCUT2D eigenvalue weighted by molar-refractivity contribution is 5.70. The maximum Gasteiger partial charge on any atom is 0.0883 e. The monoisotopic (exact) mass is 377 g/mol. The van der Waals surface area contributed by atoms with Gasteiger partial charge in [-0.2, -0.15) is 0 Å². The third-order valence-electron chi connectivity index (χ3n) is 4.07. The molecule has 1 nitrogen and oxygen atoms in total. The van der Waals surface area contributed by atoms with Crippen LogP contribution in [-0.2, 0) is 12.8 Å². The van der Waals surface area contributed by atoms with E-state index < -0.39 is 0 Å². The van der Waals surface area contributed by atoms with E-state index in [1.165, 1.54) is 22.3 Å². The summed E-state index contributed by atoms with van der Waals surface area (Å²) in [6.45, 7) is 18.2. The summed E-state index contributed by atoms with van der Waals surface area (Å²) in [4.78, 5) is 0. The second-order valence-electron chi connectivity index (χ2n) is 5.52. The molecular weight excluding hydrogens is 338 g/mol. The normalized spacial score (nSPS) is 9.64. The van der Waals surface area contributed by atoms with Crippen LogP contribution in [0, 0.1) is 19.3 Å². The molecule has 1 N–H and O–H groups in total. The van der Waals surface area contributed by atoms with Crippen molar-refractivity contribution in [1.29, 1.82) is 0 Å². The van der Waals surface area contributed by atoms with Crippen LogP contribution in [0.2, 0.25) is 0 Å². The molecular formula is C27H39N. The van der Waals surface area contributed by atoms with E-state index in [-0.39, 0.29) is 0 Å². The minimum Gasteiger partial charge on any atom is -0.381 e. The van der Waals surface area contributed by atoms with Crippen molar-refractivity contribution >= 4 is 5.57 Å². The zero-order valence-corrected chi connectivity index (χ0v) is 19.0. The van der Waals surface area contributed by atoms with Gasteiger partial charge in [-0.25, -0.2) is 0 Å². The molecule has 0 saturated heterocycles. The van der Waals surface area contributed by atoms with E-state index >= 15 is 0 Å². The van der Waals surface area contributed by atoms with Crippen LogP contribution in [0.15, 0.2) is 67.4 Å². The third kappa shape index (κ3) is 9.28. The maximum absolute atomic E-state index is 5.54. The second-order valence-corrected chi connectivity index (χ2v) is 5.52. The largest absolute Gasteiger partial charge is 0.381 e. The molecule has 0 aliphatic heterocycles. The molecule has 0 aromatic heterocycles. The lowest BCUT2D eigenvalue weighted by atomic mass is 9.97. The summed E-state index contributed by atoms with van der Waals surface area (Å²) in [6.07, 6.45) is 7.64. The van der Waals surface area contributed by atoms with Gasteiger partial charge in [0, 0.05) is 7.05 Å². The molecule has 0 aliphatic carbocycles. The molecule has 152 valence electrons. The van der Waals surface area contributed by atoms with E-state index in [9.17, 15) is 0 Å². The Morgan fingerprint density at radius 2 is 1.57 bits per heavy atom. The quantitative estimate of drug-likeness (QED) is 0.428. The molecule has 2 aromatic rings. The van der Waals surface area contributed by atoms with Crippen LogP contribution in [0.4, 0.5) is 0 Å². The molecule has 2 aromatic carbocycles. The summed E-state index contributed by atoms with van der Waals surface area (Å²) in [5.74, 6) is 2.70. The number of benzene rings is 2. The number of nitrogens with one attached hydrogen (secondary N) is 1. The Balaban J connectivity index is 0. The van der Waals surface area contributed by atoms with Gasteiger partial charge in [0.05, 0.1) is 5.70 Å². The molecule has 0 saturated carbocycles. The first-order valence-electron chi connectivity index (χ1n) is 10.1. The zero-order chi connectivity index (χ0) is 21.9. The van der Waals surface area contributed by atoms with Crippen molar-refractivity contribution in [1.82, 2.24) is 5.32 Å². The average molecular weight is 378 g/mol. The van der Waals surface area contributed by atoms with Gasteiger partial charge in [0.15, 0.2) is 0 Å². The second kappa shape index (κ2) is 17.7. The fraction of sp³-hybridized carbons (Fsp3) is 0.333. The van der Waals surface area contributed by atoms with Crippen LogP contribution in [0.25, 0.3) is 5.57 Å². The number of rotatable bonds is 5. The summed E-state index contributed by atoms with van der Waals surface area (Å²) in [6, 6.07) is 17.2. The van der Waals surface area contributed by atoms with Crippen molar-refractivity contribution in [3.8, 4) is 12.3 Å². The third-order valence-corrected chi connectivity index (χ3v) is 4.07. The van der Waals surface area contributed by atoms with E-state index in [1.807, 2.05) is 34.7 Å². The van der Waals surface area contributed by atoms with Gasteiger partial charge in [-0.15, -0.1) is 19.6 Å². The number of aryl methyl sites for hydroxylation is 3. The Morgan fingerprint density at radius 3 is 2.11 bits per heavy atom. The van der Waals surface area contributed by atoms with Gasteiger partial charge in [-0.05, 0) is 54.5 Å². The lowest BCUT2D eigenvalue weighted by Crippen LogP contribution is -2.06. The van der Waals surface area contributed by atoms with Crippen LogP contribution < -0.4 is 5.32 Å². The molecule has 0 aliphatic rings. The number of terminal acetylenes is 1. The first-order chi connectivity index (χ1) is 13.7. The molecule has 0 bridgehead atoms. The van der Waals surface area contributed by atoms with Gasteiger partial charge in [0.1, 0.15) is 0 Å². The van der Waals surface area contributed by atoms with Crippen molar-refractivity contribution < 1.29 is 0 Å². The lowest BCUT2D eigenvalue weighted by molar-refractivity contribution is 0.948. The first-order valence-corrected chi connectivity index (χ1v) is 10.1. The van der Waals surface area contributed by atoms with Gasteiger partial charge in [-0.1, -0.05) is 82.1 Å². The SMILES string of the molecule is C#C/C(NC)=C(/C)c1cccc(CCc2ccccc2C)c1.C=C.CC.CC. The lowest BCUT2D eigenvalue weighted by Gasteiger charge is -2.10. The van der Waals surface area contributed by atoms with Gasteiger partial charge in [0.25, 0.3) is 0 Å². The van der Waals surface area contributed by atoms with Crippen molar-refractivity contribution in [3.05, 3.63) is 89.6 Å². The van der Waals surface area contributed by atoms with Crippen molar-refractivity contribution in [2.24, 2.45) is 0 Å². The summed E-state index contributed by atoms with van der Waals surface area (Å²) >= 11 is 0. The Hall–Kier alpha value is -2.72. The predicted octanol–water partition coefficient (Wildman–Crippen LogP) is 7.22. The zero-order valence-electron chi connectivity index (χ0n) is 19.0. The summed E-state index contributed by atoms with van der Waals surface area (Å²) in [5.41, 5.74) is 7.26. The Bertz CT molecular complexity index is 732. The van der Waals surface area contributed by atoms with Crippen LogP contribution in [0.3, 0.4) is 0 Å². The van der Waals surface area contributed by atoms with Crippen LogP contribution in [0.1, 0.15) is 56.9 Å². The maximum atomic E-state index is 5.54. The van der Waals surface area contributed by atoms with Crippen LogP contribution in [0.5, 0.6) is 0 Å². The molecule has 28 heavy (non-hydrogen) atoms. The molecule has 0 atom stereocenters. The average Bonchev–Trinajstić information content (AvgIpc) is 2.78. The van der Waals surface area contributed by atoms with Crippen LogP contribution in [-0.4, -0.2) is 7.05 Å². The summed E-state index contributed by atoms with van der Waals surface area (Å²) in [7, 11) is 1.86. The van der Waals surface area contributed by atoms with E-state index in [4.69, 9.17) is 6.42 Å². The fourth-order valence-corrected chi connectivity index (χ4v) is 2.64. The molecule has 1 heteroatoms. The van der Waals surface area contributed by atoms with E-state index in [0.29, 0.717) is 0 Å². The van der Waals surface area contributed by atoms with Crippen molar-refractivity contribution in [3.63, 3.8) is 0 Å². The first kappa shape index (κ1) is 27.5. The standard InChI is InChI=1S/C21H23N.2C2H6.C2H4/c1-5-21(22-4)17(3)20-12-8-10-18(15-20)13-14-19-11-7-6-9-16(19)2;3*1-2/h1,6-12,15,22H,13-14H2,2-4H3;2*1-2H3;1-2H2/b21-17+;;;. The number of hydrogen-bond acceptors (Lipinski definition) is 1. The minimum absolute atomic E-state index is 0.844. The minimum atomic E-state index is 0.844. The Morgan fingerprint density at radius 1 is 0.964 bits per heavy atom. The molecule has 0 radical (unpaired) electrons. The Labute approximate surface area is 174 Å². The van der Waals surface area contributed by atoms with Gasteiger partial charge < -0.3 is 5.32 Å². The van der Waals surface area contributed by atoms with Gasteiger partial charge in [-0.3, -0.25) is 0 Å². The van der Waals surface area contributed by atoms with E-state index in [0.717, 1.165) is 24.1 Å². The van der Waals surface area contributed by atoms with Crippen LogP contribution >= 0.6 is 0 Å². The molecule has 0 heterocycles. The summed E-state index contributed by atoms with van der Waals surface area (Å²) < 4.78 is 0. The Kier molecular flexibility index (Phi) is 17.4. The van der Waals surface area contributed by atoms with E-state index in [2.05, 4.69) is 86.8 Å². The highest BCUT2D eigenvalue weighted by Gasteiger charge is 2.04. The highest BCUT2D eigenvalue weighted by Crippen LogP contribution is 2.19.